The summed E-state index contributed by atoms with van der Waals surface area (Å²) in [6.45, 7) is 2.72. The molecule has 0 unspecified atom stereocenters. The number of hydrogen-bond acceptors (Lipinski definition) is 6. The number of ether oxygens (including phenoxy) is 2. The molecule has 0 aliphatic heterocycles. The molecule has 0 radical (unpaired) electrons. The Morgan fingerprint density at radius 1 is 1.10 bits per heavy atom. The molecule has 4 aliphatic rings. The number of carboxylic acids is 1. The standard InChI is InChI=1S/C31H30Cl2N2O5/c1-2-38-22-14-19(13-21(15-22)29(36)37)5-6-30-7-10-31(11-8-30,12-9-30)39-18-23-27(35-40-28(23)20-3-4-20)26-24(32)16-34-17-25(26)33/h13-17,20H,2-4,7-12,18H2,1H3,(H,36,37). The fraction of sp³-hybridized carbons (Fsp3) is 0.452. The highest BCUT2D eigenvalue weighted by molar-refractivity contribution is 6.38. The molecule has 0 saturated heterocycles. The van der Waals surface area contributed by atoms with E-state index in [0.717, 1.165) is 62.7 Å². The van der Waals surface area contributed by atoms with Crippen LogP contribution in [0.5, 0.6) is 5.75 Å². The van der Waals surface area contributed by atoms with Crippen molar-refractivity contribution in [1.29, 1.82) is 0 Å². The van der Waals surface area contributed by atoms with Crippen LogP contribution in [0.2, 0.25) is 10.0 Å². The minimum atomic E-state index is -0.991. The molecule has 9 heteroatoms. The molecule has 7 nitrogen and oxygen atoms in total. The summed E-state index contributed by atoms with van der Waals surface area (Å²) in [7, 11) is 0. The first-order chi connectivity index (χ1) is 19.3. The second kappa shape index (κ2) is 10.7. The molecule has 208 valence electrons. The molecule has 7 rings (SSSR count). The van der Waals surface area contributed by atoms with Crippen LogP contribution in [0.1, 0.15) is 91.5 Å². The van der Waals surface area contributed by atoms with Gasteiger partial charge in [-0.1, -0.05) is 40.2 Å². The van der Waals surface area contributed by atoms with E-state index in [1.54, 1.807) is 18.5 Å². The Morgan fingerprint density at radius 2 is 1.80 bits per heavy atom. The van der Waals surface area contributed by atoms with Crippen molar-refractivity contribution < 1.29 is 23.9 Å². The highest BCUT2D eigenvalue weighted by Crippen LogP contribution is 2.54. The van der Waals surface area contributed by atoms with Crippen LogP contribution >= 0.6 is 23.2 Å². The molecule has 4 aliphatic carbocycles. The van der Waals surface area contributed by atoms with Crippen molar-refractivity contribution in [3.05, 3.63) is 63.1 Å². The molecule has 4 fully saturated rings. The van der Waals surface area contributed by atoms with E-state index in [-0.39, 0.29) is 16.6 Å². The lowest BCUT2D eigenvalue weighted by Crippen LogP contribution is -2.47. The predicted molar refractivity (Wildman–Crippen MR) is 151 cm³/mol. The van der Waals surface area contributed by atoms with E-state index in [0.29, 0.717) is 51.7 Å². The van der Waals surface area contributed by atoms with Crippen LogP contribution in [0.25, 0.3) is 11.3 Å². The summed E-state index contributed by atoms with van der Waals surface area (Å²) < 4.78 is 18.1. The van der Waals surface area contributed by atoms with Gasteiger partial charge in [-0.25, -0.2) is 4.79 Å². The normalized spacial score (nSPS) is 23.5. The van der Waals surface area contributed by atoms with Crippen LogP contribution in [0, 0.1) is 17.3 Å². The van der Waals surface area contributed by atoms with Crippen LogP contribution in [-0.4, -0.2) is 33.4 Å². The van der Waals surface area contributed by atoms with Gasteiger partial charge in [-0.15, -0.1) is 0 Å². The number of fused-ring (bicyclic) bond motifs is 3. The van der Waals surface area contributed by atoms with Crippen molar-refractivity contribution in [2.75, 3.05) is 6.61 Å². The summed E-state index contributed by atoms with van der Waals surface area (Å²) in [6, 6.07) is 4.96. The molecular weight excluding hydrogens is 551 g/mol. The molecule has 2 aromatic heterocycles. The number of nitrogens with zero attached hydrogens (tertiary/aromatic N) is 2. The highest BCUT2D eigenvalue weighted by Gasteiger charge is 2.49. The quantitative estimate of drug-likeness (QED) is 0.273. The van der Waals surface area contributed by atoms with E-state index in [4.69, 9.17) is 37.2 Å². The Labute approximate surface area is 243 Å². The number of pyridine rings is 1. The second-order valence-electron chi connectivity index (χ2n) is 11.1. The van der Waals surface area contributed by atoms with E-state index in [1.165, 1.54) is 6.07 Å². The Morgan fingerprint density at radius 3 is 2.42 bits per heavy atom. The van der Waals surface area contributed by atoms with Crippen LogP contribution < -0.4 is 4.74 Å². The molecule has 1 aromatic carbocycles. The van der Waals surface area contributed by atoms with Crippen molar-refractivity contribution in [2.24, 2.45) is 5.41 Å². The third-order valence-electron chi connectivity index (χ3n) is 8.49. The number of carbonyl (C=O) groups is 1. The molecule has 40 heavy (non-hydrogen) atoms. The van der Waals surface area contributed by atoms with E-state index >= 15 is 0 Å². The highest BCUT2D eigenvalue weighted by atomic mass is 35.5. The van der Waals surface area contributed by atoms with Gasteiger partial charge in [-0.2, -0.15) is 0 Å². The number of benzene rings is 1. The first kappa shape index (κ1) is 27.1. The minimum Gasteiger partial charge on any atom is -0.494 e. The fourth-order valence-electron chi connectivity index (χ4n) is 5.99. The Bertz CT molecular complexity index is 1470. The molecule has 3 aromatic rings. The third kappa shape index (κ3) is 5.33. The number of aromatic nitrogens is 2. The summed E-state index contributed by atoms with van der Waals surface area (Å²) in [5.74, 6) is 7.56. The number of carboxylic acid groups (broad SMARTS) is 1. The summed E-state index contributed by atoms with van der Waals surface area (Å²) in [5, 5.41) is 14.7. The van der Waals surface area contributed by atoms with Gasteiger partial charge in [0.15, 0.2) is 0 Å². The van der Waals surface area contributed by atoms with Gasteiger partial charge in [0.25, 0.3) is 0 Å². The minimum absolute atomic E-state index is 0.0876. The molecular formula is C31H30Cl2N2O5. The largest absolute Gasteiger partial charge is 0.494 e. The maximum absolute atomic E-state index is 11.6. The number of hydrogen-bond donors (Lipinski definition) is 1. The Hall–Kier alpha value is -3.05. The number of rotatable bonds is 8. The molecule has 0 spiro atoms. The van der Waals surface area contributed by atoms with Crippen molar-refractivity contribution >= 4 is 29.2 Å². The summed E-state index contributed by atoms with van der Waals surface area (Å²) in [4.78, 5) is 15.6. The van der Waals surface area contributed by atoms with E-state index in [1.807, 2.05) is 13.0 Å². The van der Waals surface area contributed by atoms with Gasteiger partial charge in [-0.3, -0.25) is 4.98 Å². The van der Waals surface area contributed by atoms with Gasteiger partial charge in [0.2, 0.25) is 0 Å². The smallest absolute Gasteiger partial charge is 0.335 e. The predicted octanol–water partition coefficient (Wildman–Crippen LogP) is 7.68. The Balaban J connectivity index is 1.18. The van der Waals surface area contributed by atoms with Gasteiger partial charge in [-0.05, 0) is 76.5 Å². The first-order valence-electron chi connectivity index (χ1n) is 13.8. The lowest BCUT2D eigenvalue weighted by atomic mass is 9.59. The van der Waals surface area contributed by atoms with E-state index < -0.39 is 5.97 Å². The maximum atomic E-state index is 11.6. The zero-order valence-electron chi connectivity index (χ0n) is 22.3. The van der Waals surface area contributed by atoms with Crippen molar-refractivity contribution in [3.8, 4) is 28.8 Å². The van der Waals surface area contributed by atoms with Crippen LogP contribution in [-0.2, 0) is 11.3 Å². The zero-order chi connectivity index (χ0) is 27.9. The van der Waals surface area contributed by atoms with E-state index in [9.17, 15) is 9.90 Å². The zero-order valence-corrected chi connectivity index (χ0v) is 23.8. The van der Waals surface area contributed by atoms with Crippen molar-refractivity contribution in [1.82, 2.24) is 10.1 Å². The lowest BCUT2D eigenvalue weighted by molar-refractivity contribution is -0.131. The van der Waals surface area contributed by atoms with Crippen LogP contribution in [0.3, 0.4) is 0 Å². The SMILES string of the molecule is CCOc1cc(C#CC23CCC(OCc4c(-c5c(Cl)cncc5Cl)noc4C4CC4)(CC2)CC3)cc(C(=O)O)c1. The van der Waals surface area contributed by atoms with Crippen molar-refractivity contribution in [2.45, 2.75) is 76.4 Å². The average Bonchev–Trinajstić information content (AvgIpc) is 3.72. The van der Waals surface area contributed by atoms with Crippen LogP contribution in [0.15, 0.2) is 35.1 Å². The molecule has 1 N–H and O–H groups in total. The van der Waals surface area contributed by atoms with Gasteiger partial charge in [0.1, 0.15) is 17.2 Å². The average molecular weight is 581 g/mol. The first-order valence-corrected chi connectivity index (χ1v) is 14.5. The lowest BCUT2D eigenvalue weighted by Gasteiger charge is -2.51. The summed E-state index contributed by atoms with van der Waals surface area (Å²) in [6.07, 6.45) is 10.8. The Kier molecular flexibility index (Phi) is 7.28. The van der Waals surface area contributed by atoms with Crippen molar-refractivity contribution in [3.63, 3.8) is 0 Å². The molecule has 4 saturated carbocycles. The van der Waals surface area contributed by atoms with E-state index in [2.05, 4.69) is 22.0 Å². The molecule has 2 bridgehead atoms. The monoisotopic (exact) mass is 580 g/mol. The molecule has 0 amide bonds. The summed E-state index contributed by atoms with van der Waals surface area (Å²) in [5.41, 5.74) is 2.74. The fourth-order valence-corrected chi connectivity index (χ4v) is 6.54. The van der Waals surface area contributed by atoms with Gasteiger partial charge in [0, 0.05) is 40.4 Å². The van der Waals surface area contributed by atoms with Gasteiger partial charge >= 0.3 is 5.97 Å². The maximum Gasteiger partial charge on any atom is 0.335 e. The number of halogens is 2. The topological polar surface area (TPSA) is 94.7 Å². The van der Waals surface area contributed by atoms with Gasteiger partial charge in [0.05, 0.1) is 34.4 Å². The summed E-state index contributed by atoms with van der Waals surface area (Å²) >= 11 is 12.9. The molecule has 0 atom stereocenters. The van der Waals surface area contributed by atoms with Gasteiger partial charge < -0.3 is 19.1 Å². The third-order valence-corrected chi connectivity index (χ3v) is 9.07. The van der Waals surface area contributed by atoms with Crippen LogP contribution in [0.4, 0.5) is 0 Å². The number of aromatic carboxylic acids is 1. The second-order valence-corrected chi connectivity index (χ2v) is 11.9. The molecule has 2 heterocycles.